The summed E-state index contributed by atoms with van der Waals surface area (Å²) < 4.78 is 5.86. The molecule has 2 saturated carbocycles. The first-order chi connectivity index (χ1) is 15.2. The standard InChI is InChI=1S/C27H33NO3/c29-27(30)17-12-21-10-15-24(16-11-21)31-18-4-5-20-8-13-23(14-9-20)28-26-19-25(26)22-6-2-1-3-7-22/h1-3,6-7,10-12,15-17,20,23,25-26,28H,4-5,8-9,13-14,18-19H2,(H,29,30)/b17-12+/t20?,23?,25-,26+/m0/s1. The summed E-state index contributed by atoms with van der Waals surface area (Å²) in [6.07, 6.45) is 11.6. The van der Waals surface area contributed by atoms with Crippen LogP contribution in [0.2, 0.25) is 0 Å². The predicted molar refractivity (Wildman–Crippen MR) is 124 cm³/mol. The van der Waals surface area contributed by atoms with Crippen LogP contribution in [0.1, 0.15) is 62.0 Å². The Kier molecular flexibility index (Phi) is 7.42. The number of benzene rings is 2. The Balaban J connectivity index is 1.08. The SMILES string of the molecule is O=C(O)/C=C/c1ccc(OCCCC2CCC(N[C@@H]3C[C@H]3c3ccccc3)CC2)cc1. The Bertz CT molecular complexity index is 854. The van der Waals surface area contributed by atoms with E-state index >= 15 is 0 Å². The summed E-state index contributed by atoms with van der Waals surface area (Å²) in [6.45, 7) is 0.739. The van der Waals surface area contributed by atoms with Gasteiger partial charge in [0.1, 0.15) is 5.75 Å². The molecule has 2 atom stereocenters. The molecule has 4 nitrogen and oxygen atoms in total. The van der Waals surface area contributed by atoms with E-state index in [-0.39, 0.29) is 0 Å². The molecule has 2 aliphatic carbocycles. The molecule has 0 amide bonds. The molecule has 0 bridgehead atoms. The number of nitrogens with one attached hydrogen (secondary N) is 1. The molecule has 2 aliphatic rings. The predicted octanol–water partition coefficient (Wildman–Crippen LogP) is 5.65. The zero-order valence-corrected chi connectivity index (χ0v) is 18.1. The molecule has 31 heavy (non-hydrogen) atoms. The summed E-state index contributed by atoms with van der Waals surface area (Å²) in [7, 11) is 0. The Hall–Kier alpha value is -2.59. The monoisotopic (exact) mass is 419 g/mol. The lowest BCUT2D eigenvalue weighted by atomic mass is 9.83. The average Bonchev–Trinajstić information content (AvgIpc) is 3.57. The van der Waals surface area contributed by atoms with E-state index in [2.05, 4.69) is 35.6 Å². The second-order valence-electron chi connectivity index (χ2n) is 8.97. The summed E-state index contributed by atoms with van der Waals surface area (Å²) in [5.74, 6) is 1.46. The van der Waals surface area contributed by atoms with Gasteiger partial charge in [-0.2, -0.15) is 0 Å². The Morgan fingerprint density at radius 1 is 1.03 bits per heavy atom. The summed E-state index contributed by atoms with van der Waals surface area (Å²) in [5, 5.41) is 12.6. The van der Waals surface area contributed by atoms with Crippen LogP contribution in [-0.4, -0.2) is 29.8 Å². The molecule has 0 heterocycles. The smallest absolute Gasteiger partial charge is 0.328 e. The van der Waals surface area contributed by atoms with Crippen LogP contribution in [0.3, 0.4) is 0 Å². The van der Waals surface area contributed by atoms with E-state index in [1.807, 2.05) is 24.3 Å². The van der Waals surface area contributed by atoms with Gasteiger partial charge in [0, 0.05) is 24.1 Å². The van der Waals surface area contributed by atoms with Crippen molar-refractivity contribution < 1.29 is 14.6 Å². The third kappa shape index (κ3) is 6.70. The van der Waals surface area contributed by atoms with Gasteiger partial charge in [0.2, 0.25) is 0 Å². The minimum absolute atomic E-state index is 0.684. The highest BCUT2D eigenvalue weighted by Crippen LogP contribution is 2.42. The number of hydrogen-bond donors (Lipinski definition) is 2. The third-order valence-electron chi connectivity index (χ3n) is 6.64. The second-order valence-corrected chi connectivity index (χ2v) is 8.97. The van der Waals surface area contributed by atoms with Crippen molar-refractivity contribution in [2.45, 2.75) is 62.9 Å². The summed E-state index contributed by atoms with van der Waals surface area (Å²) >= 11 is 0. The number of carboxylic acid groups (broad SMARTS) is 1. The van der Waals surface area contributed by atoms with Gasteiger partial charge in [-0.1, -0.05) is 42.5 Å². The maximum Gasteiger partial charge on any atom is 0.328 e. The van der Waals surface area contributed by atoms with E-state index in [0.717, 1.165) is 42.3 Å². The fourth-order valence-corrected chi connectivity index (χ4v) is 4.77. The molecule has 0 aliphatic heterocycles. The summed E-state index contributed by atoms with van der Waals surface area (Å²) in [4.78, 5) is 10.6. The molecular formula is C27H33NO3. The second kappa shape index (κ2) is 10.6. The van der Waals surface area contributed by atoms with Gasteiger partial charge in [-0.3, -0.25) is 0 Å². The van der Waals surface area contributed by atoms with Gasteiger partial charge in [-0.05, 0) is 80.2 Å². The van der Waals surface area contributed by atoms with Gasteiger partial charge in [0.05, 0.1) is 6.61 Å². The molecule has 164 valence electrons. The molecule has 0 saturated heterocycles. The topological polar surface area (TPSA) is 58.6 Å². The molecule has 4 heteroatoms. The lowest BCUT2D eigenvalue weighted by molar-refractivity contribution is -0.131. The van der Waals surface area contributed by atoms with Crippen molar-refractivity contribution in [3.05, 3.63) is 71.8 Å². The van der Waals surface area contributed by atoms with Gasteiger partial charge in [-0.25, -0.2) is 4.79 Å². The van der Waals surface area contributed by atoms with Crippen molar-refractivity contribution in [3.8, 4) is 5.75 Å². The number of carbonyl (C=O) groups is 1. The van der Waals surface area contributed by atoms with Crippen LogP contribution in [0.5, 0.6) is 5.75 Å². The molecule has 0 unspecified atom stereocenters. The van der Waals surface area contributed by atoms with Crippen LogP contribution in [0.15, 0.2) is 60.7 Å². The van der Waals surface area contributed by atoms with E-state index in [1.54, 1.807) is 6.08 Å². The van der Waals surface area contributed by atoms with Crippen molar-refractivity contribution in [3.63, 3.8) is 0 Å². The molecule has 0 aromatic heterocycles. The number of rotatable bonds is 10. The number of hydrogen-bond acceptors (Lipinski definition) is 3. The van der Waals surface area contributed by atoms with Crippen molar-refractivity contribution >= 4 is 12.0 Å². The van der Waals surface area contributed by atoms with Crippen LogP contribution in [0, 0.1) is 5.92 Å². The molecule has 2 N–H and O–H groups in total. The maximum absolute atomic E-state index is 10.6. The third-order valence-corrected chi connectivity index (χ3v) is 6.64. The molecule has 4 rings (SSSR count). The zero-order valence-electron chi connectivity index (χ0n) is 18.1. The van der Waals surface area contributed by atoms with Gasteiger partial charge >= 0.3 is 5.97 Å². The molecule has 2 aromatic carbocycles. The van der Waals surface area contributed by atoms with E-state index in [4.69, 9.17) is 9.84 Å². The fraction of sp³-hybridized carbons (Fsp3) is 0.444. The lowest BCUT2D eigenvalue weighted by Gasteiger charge is -2.29. The summed E-state index contributed by atoms with van der Waals surface area (Å²) in [6, 6.07) is 19.9. The minimum atomic E-state index is -0.936. The first-order valence-electron chi connectivity index (χ1n) is 11.6. The lowest BCUT2D eigenvalue weighted by Crippen LogP contribution is -2.35. The highest BCUT2D eigenvalue weighted by atomic mass is 16.5. The number of aliphatic carboxylic acids is 1. The molecule has 2 fully saturated rings. The fourth-order valence-electron chi connectivity index (χ4n) is 4.77. The average molecular weight is 420 g/mol. The van der Waals surface area contributed by atoms with Gasteiger partial charge in [0.15, 0.2) is 0 Å². The zero-order chi connectivity index (χ0) is 21.5. The number of carboxylic acids is 1. The van der Waals surface area contributed by atoms with Crippen molar-refractivity contribution in [1.29, 1.82) is 0 Å². The minimum Gasteiger partial charge on any atom is -0.494 e. The van der Waals surface area contributed by atoms with Gasteiger partial charge in [0.25, 0.3) is 0 Å². The van der Waals surface area contributed by atoms with Crippen LogP contribution >= 0.6 is 0 Å². The first-order valence-corrected chi connectivity index (χ1v) is 11.6. The van der Waals surface area contributed by atoms with Crippen molar-refractivity contribution in [2.75, 3.05) is 6.61 Å². The van der Waals surface area contributed by atoms with Gasteiger partial charge < -0.3 is 15.2 Å². The Labute approximate surface area is 185 Å². The van der Waals surface area contributed by atoms with Crippen LogP contribution in [-0.2, 0) is 4.79 Å². The molecule has 0 radical (unpaired) electrons. The van der Waals surface area contributed by atoms with Crippen LogP contribution < -0.4 is 10.1 Å². The first kappa shape index (κ1) is 21.6. The van der Waals surface area contributed by atoms with E-state index in [1.165, 1.54) is 44.1 Å². The normalized spacial score (nSPS) is 25.4. The highest BCUT2D eigenvalue weighted by molar-refractivity contribution is 5.85. The van der Waals surface area contributed by atoms with Crippen molar-refractivity contribution in [1.82, 2.24) is 5.32 Å². The van der Waals surface area contributed by atoms with E-state index < -0.39 is 5.97 Å². The van der Waals surface area contributed by atoms with Crippen molar-refractivity contribution in [2.24, 2.45) is 5.92 Å². The van der Waals surface area contributed by atoms with Gasteiger partial charge in [-0.15, -0.1) is 0 Å². The quantitative estimate of drug-likeness (QED) is 0.386. The maximum atomic E-state index is 10.6. The Morgan fingerprint density at radius 3 is 2.48 bits per heavy atom. The highest BCUT2D eigenvalue weighted by Gasteiger charge is 2.39. The van der Waals surface area contributed by atoms with Crippen LogP contribution in [0.25, 0.3) is 6.08 Å². The molecule has 2 aromatic rings. The Morgan fingerprint density at radius 2 is 1.77 bits per heavy atom. The molecular weight excluding hydrogens is 386 g/mol. The summed E-state index contributed by atoms with van der Waals surface area (Å²) in [5.41, 5.74) is 2.35. The molecule has 0 spiro atoms. The largest absolute Gasteiger partial charge is 0.494 e. The van der Waals surface area contributed by atoms with E-state index in [9.17, 15) is 4.79 Å². The number of ether oxygens (including phenoxy) is 1. The van der Waals surface area contributed by atoms with E-state index in [0.29, 0.717) is 12.1 Å². The van der Waals surface area contributed by atoms with Crippen LogP contribution in [0.4, 0.5) is 0 Å².